The molecule has 0 radical (unpaired) electrons. The van der Waals surface area contributed by atoms with Crippen LogP contribution in [-0.2, 0) is 23.8 Å². The predicted molar refractivity (Wildman–Crippen MR) is 170 cm³/mol. The molecule has 0 spiro atoms. The molecule has 44 heavy (non-hydrogen) atoms. The van der Waals surface area contributed by atoms with Crippen LogP contribution in [0.3, 0.4) is 0 Å². The van der Waals surface area contributed by atoms with Crippen molar-refractivity contribution in [2.45, 2.75) is 89.3 Å². The molecular formula is C36H54O8. The van der Waals surface area contributed by atoms with Gasteiger partial charge in [0, 0.05) is 11.5 Å². The topological polar surface area (TPSA) is 123 Å². The van der Waals surface area contributed by atoms with Gasteiger partial charge in [-0.2, -0.15) is 0 Å². The molecule has 3 N–H and O–H groups in total. The number of aliphatic hydroxyl groups is 3. The first-order valence-electron chi connectivity index (χ1n) is 16.5. The standard InChI is InChI=1S/C32H48O6.C4H6O2/c1-3-4-23-5-7-24(8-6-23)25-9-11-26(12-10-25)27-13-15-28(16-14-27)30-20-37-32(38-21-30)29(18-34)19-36-31(35)22(2)17-33;1-4(2-5)3-6/h13-16,23-26,29-30,32-34H,2-12,17-21H2,1H3;2,6H,1,3H2. The van der Waals surface area contributed by atoms with Crippen molar-refractivity contribution in [3.05, 3.63) is 59.7 Å². The van der Waals surface area contributed by atoms with Crippen LogP contribution in [-0.4, -0.2) is 73.5 Å². The Morgan fingerprint density at radius 1 is 0.886 bits per heavy atom. The summed E-state index contributed by atoms with van der Waals surface area (Å²) in [6.45, 7) is 8.95. The van der Waals surface area contributed by atoms with E-state index in [0.717, 1.165) is 17.8 Å². The Balaban J connectivity index is 0.000000801. The Labute approximate surface area is 263 Å². The normalized spacial score (nSPS) is 27.7. The number of aldehydes is 1. The summed E-state index contributed by atoms with van der Waals surface area (Å²) in [7, 11) is 0. The summed E-state index contributed by atoms with van der Waals surface area (Å²) >= 11 is 0. The van der Waals surface area contributed by atoms with Crippen molar-refractivity contribution in [2.75, 3.05) is 39.6 Å². The Morgan fingerprint density at radius 3 is 1.89 bits per heavy atom. The Morgan fingerprint density at radius 2 is 1.43 bits per heavy atom. The molecule has 3 fully saturated rings. The summed E-state index contributed by atoms with van der Waals surface area (Å²) in [6.07, 6.45) is 13.9. The number of carbonyl (C=O) groups is 2. The lowest BCUT2D eigenvalue weighted by molar-refractivity contribution is -0.224. The van der Waals surface area contributed by atoms with Crippen LogP contribution in [0.2, 0.25) is 0 Å². The Bertz CT molecular complexity index is 1010. The third-order valence-corrected chi connectivity index (χ3v) is 9.73. The summed E-state index contributed by atoms with van der Waals surface area (Å²) in [4.78, 5) is 21.2. The highest BCUT2D eigenvalue weighted by Crippen LogP contribution is 2.44. The summed E-state index contributed by atoms with van der Waals surface area (Å²) in [5.41, 5.74) is 2.86. The largest absolute Gasteiger partial charge is 0.462 e. The molecule has 1 saturated heterocycles. The monoisotopic (exact) mass is 614 g/mol. The van der Waals surface area contributed by atoms with Gasteiger partial charge in [0.25, 0.3) is 0 Å². The Kier molecular flexibility index (Phi) is 15.8. The van der Waals surface area contributed by atoms with Gasteiger partial charge in [0.15, 0.2) is 6.29 Å². The van der Waals surface area contributed by atoms with Gasteiger partial charge in [-0.1, -0.05) is 70.0 Å². The smallest absolute Gasteiger partial charge is 0.335 e. The molecule has 246 valence electrons. The van der Waals surface area contributed by atoms with E-state index in [0.29, 0.717) is 25.4 Å². The maximum atomic E-state index is 11.7. The van der Waals surface area contributed by atoms with Crippen molar-refractivity contribution in [1.29, 1.82) is 0 Å². The average molecular weight is 615 g/mol. The molecule has 1 atom stereocenters. The van der Waals surface area contributed by atoms with Gasteiger partial charge < -0.3 is 29.5 Å². The van der Waals surface area contributed by atoms with Gasteiger partial charge >= 0.3 is 5.97 Å². The average Bonchev–Trinajstić information content (AvgIpc) is 3.09. The number of hydrogen-bond acceptors (Lipinski definition) is 8. The fourth-order valence-electron chi connectivity index (χ4n) is 6.91. The molecule has 0 bridgehead atoms. The van der Waals surface area contributed by atoms with Crippen LogP contribution in [0.25, 0.3) is 0 Å². The summed E-state index contributed by atoms with van der Waals surface area (Å²) in [5, 5.41) is 26.7. The molecule has 1 aromatic carbocycles. The lowest BCUT2D eigenvalue weighted by Crippen LogP contribution is -2.40. The highest BCUT2D eigenvalue weighted by atomic mass is 16.7. The fraction of sp³-hybridized carbons (Fsp3) is 0.667. The SMILES string of the molecule is C=C(C=O)CO.C=C(CO)C(=O)OCC(CO)C1OCC(c2ccc(C3CCC(C4CCC(CCC)CC4)CC3)cc2)CO1. The molecule has 8 heteroatoms. The van der Waals surface area contributed by atoms with Crippen LogP contribution in [0.1, 0.15) is 94.1 Å². The van der Waals surface area contributed by atoms with Gasteiger partial charge in [0.1, 0.15) is 12.9 Å². The zero-order valence-electron chi connectivity index (χ0n) is 26.5. The van der Waals surface area contributed by atoms with Crippen molar-refractivity contribution in [3.8, 4) is 0 Å². The third-order valence-electron chi connectivity index (χ3n) is 9.73. The van der Waals surface area contributed by atoms with E-state index in [1.807, 2.05) is 0 Å². The van der Waals surface area contributed by atoms with E-state index in [4.69, 9.17) is 24.4 Å². The van der Waals surface area contributed by atoms with Gasteiger partial charge in [-0.05, 0) is 73.3 Å². The van der Waals surface area contributed by atoms with Crippen LogP contribution in [0, 0.1) is 23.7 Å². The Hall–Kier alpha value is -2.36. The summed E-state index contributed by atoms with van der Waals surface area (Å²) in [6, 6.07) is 9.04. The molecule has 1 unspecified atom stereocenters. The van der Waals surface area contributed by atoms with Crippen LogP contribution in [0.4, 0.5) is 0 Å². The highest BCUT2D eigenvalue weighted by Gasteiger charge is 2.33. The second kappa shape index (κ2) is 19.2. The molecule has 2 saturated carbocycles. The first-order chi connectivity index (χ1) is 21.3. The summed E-state index contributed by atoms with van der Waals surface area (Å²) in [5.74, 6) is 2.55. The van der Waals surface area contributed by atoms with E-state index >= 15 is 0 Å². The second-order valence-corrected chi connectivity index (χ2v) is 12.8. The zero-order valence-corrected chi connectivity index (χ0v) is 26.5. The molecule has 0 aromatic heterocycles. The van der Waals surface area contributed by atoms with Crippen molar-refractivity contribution in [3.63, 3.8) is 0 Å². The van der Waals surface area contributed by atoms with E-state index in [1.165, 1.54) is 75.3 Å². The quantitative estimate of drug-likeness (QED) is 0.152. The van der Waals surface area contributed by atoms with E-state index in [2.05, 4.69) is 44.3 Å². The van der Waals surface area contributed by atoms with E-state index in [-0.39, 0.29) is 36.9 Å². The molecule has 8 nitrogen and oxygen atoms in total. The van der Waals surface area contributed by atoms with Gasteiger partial charge in [-0.25, -0.2) is 4.79 Å². The zero-order chi connectivity index (χ0) is 31.9. The minimum absolute atomic E-state index is 0.0200. The molecule has 0 amide bonds. The minimum atomic E-state index is -0.678. The van der Waals surface area contributed by atoms with Crippen molar-refractivity contribution in [1.82, 2.24) is 0 Å². The van der Waals surface area contributed by atoms with E-state index < -0.39 is 24.8 Å². The second-order valence-electron chi connectivity index (χ2n) is 12.8. The third kappa shape index (κ3) is 10.9. The van der Waals surface area contributed by atoms with Crippen LogP contribution in [0.5, 0.6) is 0 Å². The number of esters is 1. The van der Waals surface area contributed by atoms with Crippen molar-refractivity contribution < 1.29 is 39.1 Å². The van der Waals surface area contributed by atoms with Gasteiger partial charge in [-0.15, -0.1) is 0 Å². The molecule has 1 aromatic rings. The van der Waals surface area contributed by atoms with Crippen molar-refractivity contribution >= 4 is 12.3 Å². The highest BCUT2D eigenvalue weighted by molar-refractivity contribution is 5.87. The number of benzene rings is 1. The molecule has 3 aliphatic rings. The molecule has 2 aliphatic carbocycles. The van der Waals surface area contributed by atoms with Crippen molar-refractivity contribution in [2.24, 2.45) is 23.7 Å². The lowest BCUT2D eigenvalue weighted by atomic mass is 9.68. The van der Waals surface area contributed by atoms with Crippen LogP contribution < -0.4 is 0 Å². The van der Waals surface area contributed by atoms with E-state index in [1.54, 1.807) is 0 Å². The van der Waals surface area contributed by atoms with Gasteiger partial charge in [0.2, 0.25) is 0 Å². The minimum Gasteiger partial charge on any atom is -0.462 e. The number of ether oxygens (including phenoxy) is 3. The summed E-state index contributed by atoms with van der Waals surface area (Å²) < 4.78 is 16.9. The maximum Gasteiger partial charge on any atom is 0.335 e. The first kappa shape index (κ1) is 36.1. The van der Waals surface area contributed by atoms with Gasteiger partial charge in [0.05, 0.1) is 44.5 Å². The molecular weight excluding hydrogens is 560 g/mol. The lowest BCUT2D eigenvalue weighted by Gasteiger charge is -2.38. The number of carbonyl (C=O) groups excluding carboxylic acids is 2. The van der Waals surface area contributed by atoms with Crippen LogP contribution in [0.15, 0.2) is 48.6 Å². The number of hydrogen-bond donors (Lipinski definition) is 3. The maximum absolute atomic E-state index is 11.7. The first-order valence-corrected chi connectivity index (χ1v) is 16.5. The van der Waals surface area contributed by atoms with E-state index in [9.17, 15) is 14.7 Å². The molecule has 1 aliphatic heterocycles. The van der Waals surface area contributed by atoms with Crippen LogP contribution >= 0.6 is 0 Å². The molecule has 4 rings (SSSR count). The number of aliphatic hydroxyl groups excluding tert-OH is 3. The number of rotatable bonds is 13. The molecule has 1 heterocycles. The fourth-order valence-corrected chi connectivity index (χ4v) is 6.91. The van der Waals surface area contributed by atoms with Gasteiger partial charge in [-0.3, -0.25) is 4.79 Å². The predicted octanol–water partition coefficient (Wildman–Crippen LogP) is 5.46.